The molecule has 0 N–H and O–H groups in total. The van der Waals surface area contributed by atoms with Crippen molar-refractivity contribution in [3.05, 3.63) is 23.3 Å². The van der Waals surface area contributed by atoms with Gasteiger partial charge in [0.1, 0.15) is 6.33 Å². The topological polar surface area (TPSA) is 63.2 Å². The highest BCUT2D eigenvalue weighted by Crippen LogP contribution is 2.41. The van der Waals surface area contributed by atoms with Crippen LogP contribution in [0.3, 0.4) is 0 Å². The lowest BCUT2D eigenvalue weighted by Crippen LogP contribution is -2.34. The Kier molecular flexibility index (Phi) is 3.30. The largest absolute Gasteiger partial charge is 0.241 e. The van der Waals surface area contributed by atoms with Crippen molar-refractivity contribution in [2.75, 3.05) is 18.8 Å². The van der Waals surface area contributed by atoms with E-state index in [4.69, 9.17) is 0 Å². The quantitative estimate of drug-likeness (QED) is 0.832. The van der Waals surface area contributed by atoms with E-state index >= 15 is 0 Å². The van der Waals surface area contributed by atoms with Gasteiger partial charge in [0.05, 0.1) is 11.4 Å². The molecule has 1 aliphatic carbocycles. The van der Waals surface area contributed by atoms with Crippen LogP contribution in [0, 0.1) is 0 Å². The Morgan fingerprint density at radius 2 is 2.00 bits per heavy atom. The van der Waals surface area contributed by atoms with Crippen LogP contribution in [0.25, 0.3) is 0 Å². The van der Waals surface area contributed by atoms with Crippen molar-refractivity contribution in [1.29, 1.82) is 0 Å². The molecule has 5 nitrogen and oxygen atoms in total. The van der Waals surface area contributed by atoms with Crippen molar-refractivity contribution < 1.29 is 8.42 Å². The van der Waals surface area contributed by atoms with Crippen molar-refractivity contribution in [2.24, 2.45) is 0 Å². The first-order valence-corrected chi connectivity index (χ1v) is 8.53. The maximum atomic E-state index is 12.0. The van der Waals surface area contributed by atoms with Gasteiger partial charge in [0.2, 0.25) is 10.0 Å². The summed E-state index contributed by atoms with van der Waals surface area (Å²) in [4.78, 5) is 8.78. The summed E-state index contributed by atoms with van der Waals surface area (Å²) < 4.78 is 25.6. The molecule has 3 rings (SSSR count). The van der Waals surface area contributed by atoms with Crippen molar-refractivity contribution in [3.8, 4) is 0 Å². The number of sulfonamides is 1. The van der Waals surface area contributed by atoms with Crippen molar-refractivity contribution in [2.45, 2.75) is 38.5 Å². The minimum atomic E-state index is -3.09. The Balaban J connectivity index is 1.88. The summed E-state index contributed by atoms with van der Waals surface area (Å²) in [7, 11) is -3.09. The molecule has 1 saturated carbocycles. The minimum absolute atomic E-state index is 0.171. The molecule has 19 heavy (non-hydrogen) atoms. The highest BCUT2D eigenvalue weighted by Gasteiger charge is 2.31. The van der Waals surface area contributed by atoms with Gasteiger partial charge in [0.15, 0.2) is 0 Å². The van der Waals surface area contributed by atoms with Crippen LogP contribution in [-0.2, 0) is 22.9 Å². The molecular weight excluding hydrogens is 262 g/mol. The fourth-order valence-corrected chi connectivity index (χ4v) is 3.80. The monoisotopic (exact) mass is 281 g/mol. The van der Waals surface area contributed by atoms with Gasteiger partial charge in [0, 0.05) is 31.1 Å². The number of aromatic nitrogens is 2. The second kappa shape index (κ2) is 4.83. The normalized spacial score (nSPS) is 20.9. The van der Waals surface area contributed by atoms with Gasteiger partial charge in [-0.3, -0.25) is 0 Å². The maximum absolute atomic E-state index is 12.0. The molecule has 0 bridgehead atoms. The first-order valence-electron chi connectivity index (χ1n) is 6.92. The summed E-state index contributed by atoms with van der Waals surface area (Å²) in [6.45, 7) is 2.81. The second-order valence-electron chi connectivity index (χ2n) is 5.26. The molecule has 6 heteroatoms. The van der Waals surface area contributed by atoms with Crippen molar-refractivity contribution in [3.63, 3.8) is 0 Å². The zero-order valence-corrected chi connectivity index (χ0v) is 12.0. The lowest BCUT2D eigenvalue weighted by atomic mass is 10.0. The van der Waals surface area contributed by atoms with E-state index in [0.29, 0.717) is 25.4 Å². The Morgan fingerprint density at radius 1 is 1.26 bits per heavy atom. The molecule has 1 fully saturated rings. The predicted molar refractivity (Wildman–Crippen MR) is 72.4 cm³/mol. The third-order valence-corrected chi connectivity index (χ3v) is 5.88. The SMILES string of the molecule is CCS(=O)(=O)N1CCc2ncnc(C3CC3)c2CC1. The molecule has 1 aromatic heterocycles. The number of rotatable bonds is 3. The fraction of sp³-hybridized carbons (Fsp3) is 0.692. The summed E-state index contributed by atoms with van der Waals surface area (Å²) in [5, 5.41) is 0. The number of nitrogens with zero attached hydrogens (tertiary/aromatic N) is 3. The standard InChI is InChI=1S/C13H19N3O2S/c1-2-19(17,18)16-7-5-11-12(6-8-16)14-9-15-13(11)10-3-4-10/h9-10H,2-8H2,1H3. The Labute approximate surface area is 114 Å². The summed E-state index contributed by atoms with van der Waals surface area (Å²) in [6, 6.07) is 0. The van der Waals surface area contributed by atoms with Gasteiger partial charge < -0.3 is 0 Å². The molecule has 0 aromatic carbocycles. The van der Waals surface area contributed by atoms with Gasteiger partial charge in [0.25, 0.3) is 0 Å². The fourth-order valence-electron chi connectivity index (χ4n) is 2.70. The van der Waals surface area contributed by atoms with Crippen LogP contribution in [-0.4, -0.2) is 41.5 Å². The lowest BCUT2D eigenvalue weighted by Gasteiger charge is -2.18. The molecular formula is C13H19N3O2S. The molecule has 0 spiro atoms. The number of hydrogen-bond donors (Lipinski definition) is 0. The first-order chi connectivity index (χ1) is 9.12. The number of hydrogen-bond acceptors (Lipinski definition) is 4. The van der Waals surface area contributed by atoms with E-state index in [9.17, 15) is 8.42 Å². The molecule has 1 aliphatic heterocycles. The van der Waals surface area contributed by atoms with Gasteiger partial charge in [-0.15, -0.1) is 0 Å². The van der Waals surface area contributed by atoms with E-state index in [2.05, 4.69) is 9.97 Å². The van der Waals surface area contributed by atoms with Crippen LogP contribution >= 0.6 is 0 Å². The molecule has 2 heterocycles. The Morgan fingerprint density at radius 3 is 2.68 bits per heavy atom. The van der Waals surface area contributed by atoms with Gasteiger partial charge in [-0.2, -0.15) is 0 Å². The molecule has 1 aromatic rings. The van der Waals surface area contributed by atoms with Crippen LogP contribution in [0.1, 0.15) is 42.6 Å². The average Bonchev–Trinajstić information content (AvgIpc) is 3.24. The molecule has 0 saturated heterocycles. The molecule has 2 aliphatic rings. The maximum Gasteiger partial charge on any atom is 0.213 e. The summed E-state index contributed by atoms with van der Waals surface area (Å²) >= 11 is 0. The summed E-state index contributed by atoms with van der Waals surface area (Å²) in [5.41, 5.74) is 3.42. The van der Waals surface area contributed by atoms with Gasteiger partial charge in [-0.1, -0.05) is 0 Å². The highest BCUT2D eigenvalue weighted by atomic mass is 32.2. The average molecular weight is 281 g/mol. The molecule has 104 valence electrons. The molecule has 0 radical (unpaired) electrons. The zero-order chi connectivity index (χ0) is 13.5. The van der Waals surface area contributed by atoms with Gasteiger partial charge in [-0.05, 0) is 31.7 Å². The first kappa shape index (κ1) is 13.0. The summed E-state index contributed by atoms with van der Waals surface area (Å²) in [6.07, 6.45) is 5.51. The third kappa shape index (κ3) is 2.51. The van der Waals surface area contributed by atoms with Gasteiger partial charge >= 0.3 is 0 Å². The second-order valence-corrected chi connectivity index (χ2v) is 7.52. The van der Waals surface area contributed by atoms with Crippen LogP contribution in [0.2, 0.25) is 0 Å². The Bertz CT molecular complexity index is 582. The van der Waals surface area contributed by atoms with E-state index in [0.717, 1.165) is 12.1 Å². The van der Waals surface area contributed by atoms with E-state index in [1.807, 2.05) is 0 Å². The van der Waals surface area contributed by atoms with Crippen molar-refractivity contribution in [1.82, 2.24) is 14.3 Å². The van der Waals surface area contributed by atoms with E-state index in [-0.39, 0.29) is 5.75 Å². The van der Waals surface area contributed by atoms with Gasteiger partial charge in [-0.25, -0.2) is 22.7 Å². The van der Waals surface area contributed by atoms with Crippen molar-refractivity contribution >= 4 is 10.0 Å². The van der Waals surface area contributed by atoms with E-state index in [1.165, 1.54) is 24.1 Å². The zero-order valence-electron chi connectivity index (χ0n) is 11.2. The van der Waals surface area contributed by atoms with Crippen LogP contribution in [0.4, 0.5) is 0 Å². The summed E-state index contributed by atoms with van der Waals surface area (Å²) in [5.74, 6) is 0.760. The molecule has 0 unspecified atom stereocenters. The van der Waals surface area contributed by atoms with E-state index in [1.54, 1.807) is 17.6 Å². The minimum Gasteiger partial charge on any atom is -0.241 e. The van der Waals surface area contributed by atoms with Crippen LogP contribution < -0.4 is 0 Å². The highest BCUT2D eigenvalue weighted by molar-refractivity contribution is 7.89. The smallest absolute Gasteiger partial charge is 0.213 e. The lowest BCUT2D eigenvalue weighted by molar-refractivity contribution is 0.427. The Hall–Kier alpha value is -1.01. The third-order valence-electron chi connectivity index (χ3n) is 4.00. The van der Waals surface area contributed by atoms with Crippen LogP contribution in [0.5, 0.6) is 0 Å². The van der Waals surface area contributed by atoms with Crippen LogP contribution in [0.15, 0.2) is 6.33 Å². The molecule has 0 amide bonds. The van der Waals surface area contributed by atoms with E-state index < -0.39 is 10.0 Å². The number of fused-ring (bicyclic) bond motifs is 1. The predicted octanol–water partition coefficient (Wildman–Crippen LogP) is 1.10. The molecule has 0 atom stereocenters.